The van der Waals surface area contributed by atoms with Gasteiger partial charge in [-0.3, -0.25) is 9.36 Å². The van der Waals surface area contributed by atoms with Crippen molar-refractivity contribution in [3.05, 3.63) is 50.1 Å². The van der Waals surface area contributed by atoms with Gasteiger partial charge in [0.1, 0.15) is 15.8 Å². The molecule has 4 rings (SSSR count). The highest BCUT2D eigenvalue weighted by atomic mass is 35.5. The van der Waals surface area contributed by atoms with Gasteiger partial charge in [-0.1, -0.05) is 23.2 Å². The molecule has 0 saturated carbocycles. The lowest BCUT2D eigenvalue weighted by atomic mass is 10.1. The summed E-state index contributed by atoms with van der Waals surface area (Å²) in [7, 11) is 1.50. The average molecular weight is 513 g/mol. The Labute approximate surface area is 202 Å². The number of hydrogen-bond donors (Lipinski definition) is 2. The molecule has 1 unspecified atom stereocenters. The fourth-order valence-electron chi connectivity index (χ4n) is 3.89. The van der Waals surface area contributed by atoms with Crippen LogP contribution < -0.4 is 15.8 Å². The standard InChI is InChI=1S/C21H20Cl2F2N6O3/c1-10(26-12-3-4-13(22)27-16(12)19(33)34)11-9-14(23)28-17-15(11)29-20(30(2)18(17)32)31-7-5-21(24,25)6-8-31/h3-4,9-10,26H,5-8H2,1-2H3,(H,33,34). The first-order valence-corrected chi connectivity index (χ1v) is 11.1. The maximum atomic E-state index is 13.7. The molecule has 0 radical (unpaired) electrons. The number of carboxylic acid groups (broad SMARTS) is 1. The molecule has 13 heteroatoms. The number of aromatic nitrogens is 4. The van der Waals surface area contributed by atoms with E-state index < -0.39 is 23.5 Å². The molecule has 1 aliphatic heterocycles. The van der Waals surface area contributed by atoms with Crippen LogP contribution >= 0.6 is 23.2 Å². The third kappa shape index (κ3) is 4.62. The van der Waals surface area contributed by atoms with Crippen LogP contribution in [0, 0.1) is 0 Å². The number of nitrogens with zero attached hydrogens (tertiary/aromatic N) is 5. The summed E-state index contributed by atoms with van der Waals surface area (Å²) in [6.45, 7) is 1.81. The second kappa shape index (κ2) is 8.95. The molecule has 0 amide bonds. The topological polar surface area (TPSA) is 113 Å². The summed E-state index contributed by atoms with van der Waals surface area (Å²) in [5.41, 5.74) is 0.168. The zero-order valence-corrected chi connectivity index (χ0v) is 19.7. The highest BCUT2D eigenvalue weighted by Gasteiger charge is 2.35. The van der Waals surface area contributed by atoms with E-state index in [4.69, 9.17) is 23.2 Å². The maximum absolute atomic E-state index is 13.7. The molecule has 1 fully saturated rings. The van der Waals surface area contributed by atoms with Gasteiger partial charge in [0.15, 0.2) is 11.2 Å². The van der Waals surface area contributed by atoms with Crippen LogP contribution in [-0.2, 0) is 7.05 Å². The first-order valence-electron chi connectivity index (χ1n) is 10.3. The Hall–Kier alpha value is -3.05. The molecule has 3 aromatic rings. The average Bonchev–Trinajstić information content (AvgIpc) is 2.77. The number of anilines is 2. The van der Waals surface area contributed by atoms with E-state index >= 15 is 0 Å². The summed E-state index contributed by atoms with van der Waals surface area (Å²) in [6.07, 6.45) is -0.682. The van der Waals surface area contributed by atoms with Crippen molar-refractivity contribution >= 4 is 51.8 Å². The largest absolute Gasteiger partial charge is 0.476 e. The second-order valence-corrected chi connectivity index (χ2v) is 8.83. The lowest BCUT2D eigenvalue weighted by molar-refractivity contribution is -0.0223. The predicted octanol–water partition coefficient (Wildman–Crippen LogP) is 4.14. The fourth-order valence-corrected chi connectivity index (χ4v) is 4.24. The van der Waals surface area contributed by atoms with E-state index in [1.807, 2.05) is 0 Å². The highest BCUT2D eigenvalue weighted by Crippen LogP contribution is 2.32. The summed E-state index contributed by atoms with van der Waals surface area (Å²) >= 11 is 12.0. The van der Waals surface area contributed by atoms with Gasteiger partial charge in [0.2, 0.25) is 5.95 Å². The number of fused-ring (bicyclic) bond motifs is 1. The summed E-state index contributed by atoms with van der Waals surface area (Å²) in [4.78, 5) is 38.9. The van der Waals surface area contributed by atoms with Crippen molar-refractivity contribution in [3.63, 3.8) is 0 Å². The molecule has 0 aliphatic carbocycles. The summed E-state index contributed by atoms with van der Waals surface area (Å²) < 4.78 is 28.6. The van der Waals surface area contributed by atoms with Crippen LogP contribution in [0.3, 0.4) is 0 Å². The Morgan fingerprint density at radius 2 is 1.82 bits per heavy atom. The minimum absolute atomic E-state index is 0.0115. The Morgan fingerprint density at radius 1 is 1.15 bits per heavy atom. The molecule has 0 spiro atoms. The predicted molar refractivity (Wildman–Crippen MR) is 124 cm³/mol. The number of rotatable bonds is 5. The van der Waals surface area contributed by atoms with Crippen molar-refractivity contribution in [3.8, 4) is 0 Å². The number of alkyl halides is 2. The molecule has 0 aromatic carbocycles. The summed E-state index contributed by atoms with van der Waals surface area (Å²) in [5.74, 6) is -3.78. The Balaban J connectivity index is 1.79. The van der Waals surface area contributed by atoms with E-state index in [9.17, 15) is 23.5 Å². The monoisotopic (exact) mass is 512 g/mol. The van der Waals surface area contributed by atoms with Crippen LogP contribution in [0.2, 0.25) is 10.3 Å². The van der Waals surface area contributed by atoms with E-state index in [1.54, 1.807) is 11.8 Å². The second-order valence-electron chi connectivity index (χ2n) is 8.05. The van der Waals surface area contributed by atoms with Gasteiger partial charge in [0, 0.05) is 38.5 Å². The van der Waals surface area contributed by atoms with Crippen molar-refractivity contribution in [2.45, 2.75) is 31.7 Å². The zero-order chi connectivity index (χ0) is 24.8. The van der Waals surface area contributed by atoms with Gasteiger partial charge < -0.3 is 15.3 Å². The Bertz CT molecular complexity index is 1340. The third-order valence-corrected chi connectivity index (χ3v) is 6.09. The Morgan fingerprint density at radius 3 is 2.47 bits per heavy atom. The van der Waals surface area contributed by atoms with Crippen molar-refractivity contribution in [2.75, 3.05) is 23.3 Å². The number of pyridine rings is 2. The van der Waals surface area contributed by atoms with Crippen molar-refractivity contribution < 1.29 is 18.7 Å². The van der Waals surface area contributed by atoms with Crippen LogP contribution in [0.4, 0.5) is 20.4 Å². The number of piperidine rings is 1. The number of aromatic carboxylic acids is 1. The molecule has 3 aromatic heterocycles. The molecular weight excluding hydrogens is 493 g/mol. The van der Waals surface area contributed by atoms with Crippen molar-refractivity contribution in [2.24, 2.45) is 7.05 Å². The molecule has 34 heavy (non-hydrogen) atoms. The van der Waals surface area contributed by atoms with Crippen LogP contribution in [0.5, 0.6) is 0 Å². The molecule has 0 bridgehead atoms. The minimum Gasteiger partial charge on any atom is -0.476 e. The SMILES string of the molecule is CC(Nc1ccc(Cl)nc1C(=O)O)c1cc(Cl)nc2c(=O)n(C)c(N3CCC(F)(F)CC3)nc12. The molecular formula is C21H20Cl2F2N6O3. The van der Waals surface area contributed by atoms with Gasteiger partial charge >= 0.3 is 5.97 Å². The van der Waals surface area contributed by atoms with Gasteiger partial charge in [0.25, 0.3) is 11.5 Å². The lowest BCUT2D eigenvalue weighted by Gasteiger charge is -2.33. The van der Waals surface area contributed by atoms with E-state index in [2.05, 4.69) is 20.3 Å². The number of carbonyl (C=O) groups is 1. The summed E-state index contributed by atoms with van der Waals surface area (Å²) in [5, 5.41) is 12.6. The third-order valence-electron chi connectivity index (χ3n) is 5.69. The highest BCUT2D eigenvalue weighted by molar-refractivity contribution is 6.30. The molecule has 2 N–H and O–H groups in total. The van der Waals surface area contributed by atoms with E-state index in [0.717, 1.165) is 0 Å². The lowest BCUT2D eigenvalue weighted by Crippen LogP contribution is -2.42. The first-order chi connectivity index (χ1) is 16.0. The van der Waals surface area contributed by atoms with Crippen LogP contribution in [0.1, 0.15) is 41.9 Å². The minimum atomic E-state index is -2.75. The molecule has 1 aliphatic rings. The van der Waals surface area contributed by atoms with Gasteiger partial charge in [-0.15, -0.1) is 0 Å². The maximum Gasteiger partial charge on any atom is 0.356 e. The number of nitrogens with one attached hydrogen (secondary N) is 1. The molecule has 4 heterocycles. The van der Waals surface area contributed by atoms with Crippen LogP contribution in [0.15, 0.2) is 23.0 Å². The fraction of sp³-hybridized carbons (Fsp3) is 0.381. The first kappa shape index (κ1) is 24.1. The molecule has 180 valence electrons. The van der Waals surface area contributed by atoms with Gasteiger partial charge in [-0.25, -0.2) is 28.5 Å². The molecule has 1 atom stereocenters. The number of hydrogen-bond acceptors (Lipinski definition) is 7. The van der Waals surface area contributed by atoms with Gasteiger partial charge in [-0.05, 0) is 25.1 Å². The summed E-state index contributed by atoms with van der Waals surface area (Å²) in [6, 6.07) is 3.86. The van der Waals surface area contributed by atoms with Crippen LogP contribution in [-0.4, -0.2) is 49.6 Å². The van der Waals surface area contributed by atoms with Crippen LogP contribution in [0.25, 0.3) is 11.0 Å². The van der Waals surface area contributed by atoms with Gasteiger partial charge in [0.05, 0.1) is 11.7 Å². The molecule has 9 nitrogen and oxygen atoms in total. The van der Waals surface area contributed by atoms with Crippen molar-refractivity contribution in [1.82, 2.24) is 19.5 Å². The Kier molecular flexibility index (Phi) is 6.34. The van der Waals surface area contributed by atoms with E-state index in [-0.39, 0.29) is 64.6 Å². The van der Waals surface area contributed by atoms with Crippen molar-refractivity contribution in [1.29, 1.82) is 0 Å². The van der Waals surface area contributed by atoms with E-state index in [0.29, 0.717) is 5.56 Å². The normalized spacial score (nSPS) is 16.5. The van der Waals surface area contributed by atoms with Gasteiger partial charge in [-0.2, -0.15) is 0 Å². The number of carboxylic acids is 1. The smallest absolute Gasteiger partial charge is 0.356 e. The van der Waals surface area contributed by atoms with E-state index in [1.165, 1.54) is 29.8 Å². The zero-order valence-electron chi connectivity index (χ0n) is 18.1. The molecule has 1 saturated heterocycles. The quantitative estimate of drug-likeness (QED) is 0.490. The number of halogens is 4.